The van der Waals surface area contributed by atoms with Crippen LogP contribution in [0, 0.1) is 0 Å². The molecule has 200 valence electrons. The average molecular weight is 549 g/mol. The normalized spacial score (nSPS) is 12.2. The maximum atomic E-state index is 6.24. The number of furan rings is 1. The van der Waals surface area contributed by atoms with Crippen LogP contribution in [0.3, 0.4) is 0 Å². The van der Waals surface area contributed by atoms with Crippen LogP contribution in [0.5, 0.6) is 0 Å². The first-order valence-corrected chi connectivity index (χ1v) is 14.7. The molecular weight excluding hydrogens is 524 g/mol. The predicted octanol–water partition coefficient (Wildman–Crippen LogP) is 10.9. The van der Waals surface area contributed by atoms with Gasteiger partial charge in [0.1, 0.15) is 11.2 Å². The Kier molecular flexibility index (Phi) is 4.45. The third-order valence-electron chi connectivity index (χ3n) is 9.06. The zero-order valence-electron chi connectivity index (χ0n) is 23.2. The third kappa shape index (κ3) is 3.14. The molecule has 0 fully saturated rings. The molecule has 43 heavy (non-hydrogen) atoms. The van der Waals surface area contributed by atoms with E-state index < -0.39 is 0 Å². The molecule has 0 aliphatic carbocycles. The van der Waals surface area contributed by atoms with Gasteiger partial charge >= 0.3 is 0 Å². The Morgan fingerprint density at radius 3 is 1.70 bits per heavy atom. The van der Waals surface area contributed by atoms with Crippen molar-refractivity contribution in [2.24, 2.45) is 0 Å². The zero-order chi connectivity index (χ0) is 28.1. The van der Waals surface area contributed by atoms with Crippen LogP contribution in [-0.2, 0) is 0 Å². The van der Waals surface area contributed by atoms with Crippen LogP contribution in [0.2, 0.25) is 0 Å². The fourth-order valence-corrected chi connectivity index (χ4v) is 7.17. The second-order valence-corrected chi connectivity index (χ2v) is 11.4. The molecule has 0 saturated carbocycles. The number of fused-ring (bicyclic) bond motifs is 10. The molecule has 3 heteroatoms. The topological polar surface area (TPSA) is 23.0 Å². The van der Waals surface area contributed by atoms with Gasteiger partial charge in [0, 0.05) is 43.7 Å². The number of para-hydroxylation sites is 4. The monoisotopic (exact) mass is 548 g/mol. The molecule has 0 aliphatic rings. The number of nitrogens with zero attached hydrogens (tertiary/aromatic N) is 2. The standard InChI is InChI=1S/C40H24N2O/c1-2-10-27(11-3-1)41-35-15-7-5-13-30(35)33-24-28(18-19-37(33)41)42-36-16-8-4-12-29(36)32-20-26-23-40-34(21-25(26)22-38(32)42)31-14-6-9-17-39(31)43-40/h1-24H. The highest BCUT2D eigenvalue weighted by atomic mass is 16.3. The van der Waals surface area contributed by atoms with Crippen molar-refractivity contribution in [2.75, 3.05) is 0 Å². The molecule has 0 spiro atoms. The second kappa shape index (κ2) is 8.37. The van der Waals surface area contributed by atoms with Crippen molar-refractivity contribution in [1.29, 1.82) is 0 Å². The average Bonchev–Trinajstić information content (AvgIpc) is 3.70. The van der Waals surface area contributed by atoms with E-state index in [4.69, 9.17) is 4.42 Å². The van der Waals surface area contributed by atoms with Gasteiger partial charge in [0.05, 0.1) is 22.1 Å². The minimum atomic E-state index is 0.926. The molecule has 0 unspecified atom stereocenters. The lowest BCUT2D eigenvalue weighted by atomic mass is 10.0. The minimum absolute atomic E-state index is 0.926. The van der Waals surface area contributed by atoms with Crippen molar-refractivity contribution in [3.05, 3.63) is 146 Å². The molecule has 0 bridgehead atoms. The van der Waals surface area contributed by atoms with Crippen molar-refractivity contribution in [3.63, 3.8) is 0 Å². The summed E-state index contributed by atoms with van der Waals surface area (Å²) in [6, 6.07) is 52.5. The SMILES string of the molecule is c1ccc(-n2c3ccccc3c3cc(-n4c5ccccc5c5cc6cc7oc8ccccc8c7cc6cc54)ccc32)cc1. The van der Waals surface area contributed by atoms with Gasteiger partial charge in [-0.2, -0.15) is 0 Å². The molecule has 3 aromatic heterocycles. The second-order valence-electron chi connectivity index (χ2n) is 11.4. The van der Waals surface area contributed by atoms with Gasteiger partial charge in [-0.05, 0) is 83.6 Å². The van der Waals surface area contributed by atoms with Crippen LogP contribution in [0.25, 0.3) is 87.7 Å². The molecule has 0 radical (unpaired) electrons. The summed E-state index contributed by atoms with van der Waals surface area (Å²) in [7, 11) is 0. The van der Waals surface area contributed by atoms with E-state index in [1.807, 2.05) is 12.1 Å². The first-order valence-electron chi connectivity index (χ1n) is 14.7. The Hall–Kier alpha value is -5.80. The summed E-state index contributed by atoms with van der Waals surface area (Å²) >= 11 is 0. The summed E-state index contributed by atoms with van der Waals surface area (Å²) in [6.07, 6.45) is 0. The van der Waals surface area contributed by atoms with Crippen molar-refractivity contribution in [3.8, 4) is 11.4 Å². The Balaban J connectivity index is 1.29. The van der Waals surface area contributed by atoms with E-state index in [-0.39, 0.29) is 0 Å². The molecule has 7 aromatic carbocycles. The number of benzene rings is 7. The minimum Gasteiger partial charge on any atom is -0.456 e. The van der Waals surface area contributed by atoms with Crippen LogP contribution in [0.15, 0.2) is 150 Å². The summed E-state index contributed by atoms with van der Waals surface area (Å²) < 4.78 is 11.0. The maximum absolute atomic E-state index is 6.24. The molecular formula is C40H24N2O. The van der Waals surface area contributed by atoms with E-state index in [2.05, 4.69) is 143 Å². The Morgan fingerprint density at radius 2 is 0.907 bits per heavy atom. The van der Waals surface area contributed by atoms with E-state index in [0.717, 1.165) is 27.6 Å². The first kappa shape index (κ1) is 22.8. The lowest BCUT2D eigenvalue weighted by Crippen LogP contribution is -1.95. The third-order valence-corrected chi connectivity index (χ3v) is 9.06. The highest BCUT2D eigenvalue weighted by molar-refractivity contribution is 6.17. The van der Waals surface area contributed by atoms with Crippen LogP contribution < -0.4 is 0 Å². The van der Waals surface area contributed by atoms with E-state index in [1.165, 1.54) is 60.1 Å². The van der Waals surface area contributed by atoms with E-state index in [1.54, 1.807) is 0 Å². The first-order chi connectivity index (χ1) is 21.3. The molecule has 0 saturated heterocycles. The van der Waals surface area contributed by atoms with Gasteiger partial charge in [0.2, 0.25) is 0 Å². The summed E-state index contributed by atoms with van der Waals surface area (Å²) in [6.45, 7) is 0. The molecule has 10 aromatic rings. The molecule has 0 aliphatic heterocycles. The molecule has 0 amide bonds. The smallest absolute Gasteiger partial charge is 0.136 e. The van der Waals surface area contributed by atoms with Crippen molar-refractivity contribution < 1.29 is 4.42 Å². The highest BCUT2D eigenvalue weighted by Gasteiger charge is 2.17. The van der Waals surface area contributed by atoms with Gasteiger partial charge < -0.3 is 13.6 Å². The summed E-state index contributed by atoms with van der Waals surface area (Å²) in [4.78, 5) is 0. The molecule has 0 N–H and O–H groups in total. The Bertz CT molecular complexity index is 2720. The summed E-state index contributed by atoms with van der Waals surface area (Å²) in [5.41, 5.74) is 9.00. The van der Waals surface area contributed by atoms with Crippen LogP contribution in [-0.4, -0.2) is 9.13 Å². The molecule has 10 rings (SSSR count). The Morgan fingerprint density at radius 1 is 0.326 bits per heavy atom. The fraction of sp³-hybridized carbons (Fsp3) is 0. The molecule has 3 nitrogen and oxygen atoms in total. The number of hydrogen-bond donors (Lipinski definition) is 0. The van der Waals surface area contributed by atoms with Gasteiger partial charge in [-0.25, -0.2) is 0 Å². The van der Waals surface area contributed by atoms with Crippen LogP contribution in [0.4, 0.5) is 0 Å². The van der Waals surface area contributed by atoms with Crippen molar-refractivity contribution >= 4 is 76.3 Å². The quantitative estimate of drug-likeness (QED) is 0.211. The lowest BCUT2D eigenvalue weighted by molar-refractivity contribution is 0.669. The van der Waals surface area contributed by atoms with Gasteiger partial charge in [-0.1, -0.05) is 72.8 Å². The van der Waals surface area contributed by atoms with Gasteiger partial charge in [-0.3, -0.25) is 0 Å². The summed E-state index contributed by atoms with van der Waals surface area (Å²) in [5.74, 6) is 0. The Labute approximate surface area is 246 Å². The van der Waals surface area contributed by atoms with Crippen molar-refractivity contribution in [2.45, 2.75) is 0 Å². The predicted molar refractivity (Wildman–Crippen MR) is 180 cm³/mol. The van der Waals surface area contributed by atoms with Gasteiger partial charge in [-0.15, -0.1) is 0 Å². The van der Waals surface area contributed by atoms with Gasteiger partial charge in [0.15, 0.2) is 0 Å². The lowest BCUT2D eigenvalue weighted by Gasteiger charge is -2.10. The number of aromatic nitrogens is 2. The van der Waals surface area contributed by atoms with Crippen LogP contribution >= 0.6 is 0 Å². The molecule has 3 heterocycles. The molecule has 0 atom stereocenters. The maximum Gasteiger partial charge on any atom is 0.136 e. The van der Waals surface area contributed by atoms with E-state index >= 15 is 0 Å². The van der Waals surface area contributed by atoms with Crippen molar-refractivity contribution in [1.82, 2.24) is 9.13 Å². The fourth-order valence-electron chi connectivity index (χ4n) is 7.17. The zero-order valence-corrected chi connectivity index (χ0v) is 23.2. The number of hydrogen-bond acceptors (Lipinski definition) is 1. The highest BCUT2D eigenvalue weighted by Crippen LogP contribution is 2.39. The van der Waals surface area contributed by atoms with Crippen LogP contribution in [0.1, 0.15) is 0 Å². The van der Waals surface area contributed by atoms with E-state index in [0.29, 0.717) is 0 Å². The summed E-state index contributed by atoms with van der Waals surface area (Å²) in [5, 5.41) is 9.68. The number of rotatable bonds is 2. The van der Waals surface area contributed by atoms with Gasteiger partial charge in [0.25, 0.3) is 0 Å². The van der Waals surface area contributed by atoms with E-state index in [9.17, 15) is 0 Å². The largest absolute Gasteiger partial charge is 0.456 e.